The second-order valence-corrected chi connectivity index (χ2v) is 9.34. The van der Waals surface area contributed by atoms with Gasteiger partial charge in [0, 0.05) is 0 Å². The van der Waals surface area contributed by atoms with Crippen LogP contribution in [0.4, 0.5) is 0 Å². The highest BCUT2D eigenvalue weighted by atomic mass is 14.6. The lowest BCUT2D eigenvalue weighted by Crippen LogP contribution is -2.55. The van der Waals surface area contributed by atoms with E-state index in [2.05, 4.69) is 82.6 Å². The molecule has 0 rings (SSSR count). The number of hydrogen-bond acceptors (Lipinski definition) is 0. The van der Waals surface area contributed by atoms with Crippen molar-refractivity contribution in [3.8, 4) is 0 Å². The molecule has 0 saturated heterocycles. The van der Waals surface area contributed by atoms with E-state index < -0.39 is 0 Å². The Morgan fingerprint density at radius 2 is 1.33 bits per heavy atom. The molecular formula is C24H49. The molecule has 0 aliphatic rings. The predicted molar refractivity (Wildman–Crippen MR) is 112 cm³/mol. The van der Waals surface area contributed by atoms with Gasteiger partial charge in [-0.1, -0.05) is 102 Å². The average molecular weight is 338 g/mol. The van der Waals surface area contributed by atoms with Crippen molar-refractivity contribution in [3.05, 3.63) is 6.42 Å². The number of rotatable bonds is 12. The SMILES string of the molecule is CC[CH]C(C)C(C(C)CC(C)C)(C(C)C(C)CC)C(C)(CC)CC. The zero-order chi connectivity index (χ0) is 19.1. The summed E-state index contributed by atoms with van der Waals surface area (Å²) >= 11 is 0. The van der Waals surface area contributed by atoms with E-state index in [0.717, 1.165) is 23.7 Å². The molecule has 0 aromatic rings. The first kappa shape index (κ1) is 24.0. The van der Waals surface area contributed by atoms with Crippen molar-refractivity contribution in [2.24, 2.45) is 40.4 Å². The van der Waals surface area contributed by atoms with Crippen LogP contribution in [0, 0.1) is 46.8 Å². The van der Waals surface area contributed by atoms with Crippen LogP contribution in [0.2, 0.25) is 0 Å². The van der Waals surface area contributed by atoms with Gasteiger partial charge in [-0.25, -0.2) is 0 Å². The van der Waals surface area contributed by atoms with Crippen LogP contribution in [-0.2, 0) is 0 Å². The van der Waals surface area contributed by atoms with Gasteiger partial charge < -0.3 is 0 Å². The molecule has 0 aromatic carbocycles. The molecule has 0 heteroatoms. The summed E-state index contributed by atoms with van der Waals surface area (Å²) < 4.78 is 0. The van der Waals surface area contributed by atoms with Crippen molar-refractivity contribution in [3.63, 3.8) is 0 Å². The van der Waals surface area contributed by atoms with Crippen molar-refractivity contribution in [2.45, 2.75) is 108 Å². The third-order valence-corrected chi connectivity index (χ3v) is 7.84. The first-order chi connectivity index (χ1) is 11.1. The third-order valence-electron chi connectivity index (χ3n) is 7.84. The normalized spacial score (nSPS) is 20.5. The van der Waals surface area contributed by atoms with Crippen LogP contribution in [0.25, 0.3) is 0 Å². The smallest absolute Gasteiger partial charge is 0.0161 e. The molecule has 1 radical (unpaired) electrons. The summed E-state index contributed by atoms with van der Waals surface area (Å²) in [7, 11) is 0. The molecule has 0 fully saturated rings. The lowest BCUT2D eigenvalue weighted by atomic mass is 9.44. The highest BCUT2D eigenvalue weighted by molar-refractivity contribution is 5.07. The second-order valence-electron chi connectivity index (χ2n) is 9.34. The Kier molecular flexibility index (Phi) is 10.2. The van der Waals surface area contributed by atoms with E-state index in [1.165, 1.54) is 32.1 Å². The van der Waals surface area contributed by atoms with Crippen LogP contribution in [0.3, 0.4) is 0 Å². The molecule has 5 atom stereocenters. The average Bonchev–Trinajstić information content (AvgIpc) is 2.53. The molecule has 0 aliphatic heterocycles. The highest BCUT2D eigenvalue weighted by Crippen LogP contribution is 2.62. The van der Waals surface area contributed by atoms with Crippen molar-refractivity contribution in [2.75, 3.05) is 0 Å². The second kappa shape index (κ2) is 10.2. The summed E-state index contributed by atoms with van der Waals surface area (Å²) in [6.07, 6.45) is 9.02. The molecule has 0 bridgehead atoms. The van der Waals surface area contributed by atoms with E-state index in [1.807, 2.05) is 0 Å². The maximum absolute atomic E-state index is 2.62. The van der Waals surface area contributed by atoms with Crippen molar-refractivity contribution in [1.29, 1.82) is 0 Å². The monoisotopic (exact) mass is 337 g/mol. The van der Waals surface area contributed by atoms with E-state index >= 15 is 0 Å². The molecule has 0 aromatic heterocycles. The summed E-state index contributed by atoms with van der Waals surface area (Å²) in [5.41, 5.74) is 0.779. The minimum Gasteiger partial charge on any atom is -0.0651 e. The largest absolute Gasteiger partial charge is 0.0651 e. The molecule has 0 aliphatic carbocycles. The molecule has 5 unspecified atom stereocenters. The minimum absolute atomic E-state index is 0.381. The van der Waals surface area contributed by atoms with E-state index in [0.29, 0.717) is 16.7 Å². The Bertz CT molecular complexity index is 325. The summed E-state index contributed by atoms with van der Waals surface area (Å²) in [4.78, 5) is 0. The Morgan fingerprint density at radius 1 is 0.833 bits per heavy atom. The summed E-state index contributed by atoms with van der Waals surface area (Å²) in [6, 6.07) is 0. The maximum atomic E-state index is 2.62. The topological polar surface area (TPSA) is 0 Å². The van der Waals surface area contributed by atoms with Gasteiger partial charge in [0.25, 0.3) is 0 Å². The lowest BCUT2D eigenvalue weighted by molar-refractivity contribution is -0.117. The number of hydrogen-bond donors (Lipinski definition) is 0. The van der Waals surface area contributed by atoms with Gasteiger partial charge >= 0.3 is 0 Å². The molecular weight excluding hydrogens is 288 g/mol. The molecule has 0 nitrogen and oxygen atoms in total. The Morgan fingerprint density at radius 3 is 1.67 bits per heavy atom. The summed E-state index contributed by atoms with van der Waals surface area (Å²) in [5.74, 6) is 3.73. The Hall–Kier alpha value is 0. The van der Waals surface area contributed by atoms with Gasteiger partial charge in [0.05, 0.1) is 0 Å². The fourth-order valence-electron chi connectivity index (χ4n) is 6.14. The first-order valence-corrected chi connectivity index (χ1v) is 10.9. The molecule has 145 valence electrons. The molecule has 0 spiro atoms. The van der Waals surface area contributed by atoms with Gasteiger partial charge in [-0.15, -0.1) is 0 Å². The fourth-order valence-corrected chi connectivity index (χ4v) is 6.14. The van der Waals surface area contributed by atoms with Gasteiger partial charge in [-0.3, -0.25) is 0 Å². The minimum atomic E-state index is 0.381. The van der Waals surface area contributed by atoms with Crippen LogP contribution in [-0.4, -0.2) is 0 Å². The van der Waals surface area contributed by atoms with Gasteiger partial charge in [0.15, 0.2) is 0 Å². The van der Waals surface area contributed by atoms with Crippen LogP contribution < -0.4 is 0 Å². The zero-order valence-corrected chi connectivity index (χ0v) is 19.0. The van der Waals surface area contributed by atoms with E-state index in [-0.39, 0.29) is 0 Å². The maximum Gasteiger partial charge on any atom is -0.0161 e. The van der Waals surface area contributed by atoms with Gasteiger partial charge in [-0.05, 0) is 53.3 Å². The van der Waals surface area contributed by atoms with Crippen molar-refractivity contribution in [1.82, 2.24) is 0 Å². The third kappa shape index (κ3) is 4.59. The van der Waals surface area contributed by atoms with Crippen LogP contribution >= 0.6 is 0 Å². The molecule has 0 heterocycles. The Labute approximate surface area is 155 Å². The molecule has 0 N–H and O–H groups in total. The standard InChI is InChI=1S/C24H49/c1-12-16-20(8)24(21(9)17-18(5)6,22(10)19(7)13-2)23(11,14-3)15-4/h16,18-22H,12-15,17H2,1-11H3. The van der Waals surface area contributed by atoms with E-state index in [4.69, 9.17) is 0 Å². The van der Waals surface area contributed by atoms with Crippen LogP contribution in [0.15, 0.2) is 0 Å². The van der Waals surface area contributed by atoms with Gasteiger partial charge in [0.2, 0.25) is 0 Å². The lowest BCUT2D eigenvalue weighted by Gasteiger charge is -2.61. The zero-order valence-electron chi connectivity index (χ0n) is 19.0. The summed E-state index contributed by atoms with van der Waals surface area (Å²) in [5, 5.41) is 0. The quantitative estimate of drug-likeness (QED) is 0.335. The molecule has 24 heavy (non-hydrogen) atoms. The first-order valence-electron chi connectivity index (χ1n) is 10.9. The Balaban J connectivity index is 6.40. The van der Waals surface area contributed by atoms with Gasteiger partial charge in [0.1, 0.15) is 0 Å². The fraction of sp³-hybridized carbons (Fsp3) is 0.958. The van der Waals surface area contributed by atoms with Gasteiger partial charge in [-0.2, -0.15) is 0 Å². The van der Waals surface area contributed by atoms with Crippen LogP contribution in [0.5, 0.6) is 0 Å². The molecule has 0 amide bonds. The molecule has 0 saturated carbocycles. The van der Waals surface area contributed by atoms with E-state index in [1.54, 1.807) is 0 Å². The van der Waals surface area contributed by atoms with Crippen molar-refractivity contribution < 1.29 is 0 Å². The summed E-state index contributed by atoms with van der Waals surface area (Å²) in [6.45, 7) is 27.1. The predicted octanol–water partition coefficient (Wildman–Crippen LogP) is 8.41. The van der Waals surface area contributed by atoms with Crippen molar-refractivity contribution >= 4 is 0 Å². The van der Waals surface area contributed by atoms with E-state index in [9.17, 15) is 0 Å². The highest BCUT2D eigenvalue weighted by Gasteiger charge is 2.56. The van der Waals surface area contributed by atoms with Crippen LogP contribution in [0.1, 0.15) is 108 Å².